The van der Waals surface area contributed by atoms with Gasteiger partial charge in [0.2, 0.25) is 0 Å². The Morgan fingerprint density at radius 3 is 2.78 bits per heavy atom. The van der Waals surface area contributed by atoms with E-state index in [2.05, 4.69) is 15.4 Å². The molecule has 4 aromatic rings. The van der Waals surface area contributed by atoms with Crippen LogP contribution in [-0.2, 0) is 6.54 Å². The Labute approximate surface area is 155 Å². The molecule has 0 bridgehead atoms. The van der Waals surface area contributed by atoms with Crippen LogP contribution in [0.3, 0.4) is 0 Å². The summed E-state index contributed by atoms with van der Waals surface area (Å²) in [4.78, 5) is 15.3. The number of nitro benzene ring substituents is 1. The van der Waals surface area contributed by atoms with Crippen LogP contribution in [0.1, 0.15) is 11.3 Å². The van der Waals surface area contributed by atoms with Gasteiger partial charge in [-0.25, -0.2) is 9.67 Å². The van der Waals surface area contributed by atoms with Gasteiger partial charge in [0.1, 0.15) is 0 Å². The molecular weight excluding hydrogens is 342 g/mol. The number of hydrogen-bond donors (Lipinski definition) is 1. The fourth-order valence-electron chi connectivity index (χ4n) is 3.14. The number of para-hydroxylation sites is 2. The number of anilines is 1. The van der Waals surface area contributed by atoms with Crippen LogP contribution in [0, 0.1) is 17.0 Å². The molecule has 0 fully saturated rings. The molecule has 0 saturated heterocycles. The first-order chi connectivity index (χ1) is 13.1. The summed E-state index contributed by atoms with van der Waals surface area (Å²) in [7, 11) is 0. The van der Waals surface area contributed by atoms with Crippen molar-refractivity contribution in [3.63, 3.8) is 0 Å². The van der Waals surface area contributed by atoms with E-state index in [1.54, 1.807) is 12.3 Å². The molecule has 2 heterocycles. The summed E-state index contributed by atoms with van der Waals surface area (Å²) in [6, 6.07) is 16.8. The van der Waals surface area contributed by atoms with Gasteiger partial charge in [-0.2, -0.15) is 5.10 Å². The van der Waals surface area contributed by atoms with Crippen molar-refractivity contribution < 1.29 is 4.92 Å². The highest BCUT2D eigenvalue weighted by molar-refractivity contribution is 5.96. The number of fused-ring (bicyclic) bond motifs is 1. The Balaban J connectivity index is 1.72. The number of pyridine rings is 1. The van der Waals surface area contributed by atoms with Gasteiger partial charge in [0.25, 0.3) is 5.69 Å². The highest BCUT2D eigenvalue weighted by atomic mass is 16.6. The number of nitro groups is 1. The van der Waals surface area contributed by atoms with Gasteiger partial charge >= 0.3 is 0 Å². The lowest BCUT2D eigenvalue weighted by molar-refractivity contribution is -0.383. The number of non-ortho nitro benzene ring substituents is 1. The Morgan fingerprint density at radius 1 is 1.15 bits per heavy atom. The topological polar surface area (TPSA) is 85.9 Å². The molecule has 134 valence electrons. The SMILES string of the molecule is Cc1cc(NCc2ccccc2-n2cccn2)c2cccc([N+](=O)[O-])c2n1. The van der Waals surface area contributed by atoms with Crippen molar-refractivity contribution in [1.29, 1.82) is 0 Å². The minimum Gasteiger partial charge on any atom is -0.380 e. The highest BCUT2D eigenvalue weighted by Gasteiger charge is 2.15. The van der Waals surface area contributed by atoms with Gasteiger partial charge in [0.05, 0.1) is 10.6 Å². The number of benzene rings is 2. The Kier molecular flexibility index (Phi) is 4.25. The summed E-state index contributed by atoms with van der Waals surface area (Å²) >= 11 is 0. The lowest BCUT2D eigenvalue weighted by Gasteiger charge is -2.13. The number of hydrogen-bond acceptors (Lipinski definition) is 5. The number of nitrogens with one attached hydrogen (secondary N) is 1. The molecule has 27 heavy (non-hydrogen) atoms. The fourth-order valence-corrected chi connectivity index (χ4v) is 3.14. The lowest BCUT2D eigenvalue weighted by Crippen LogP contribution is -2.06. The molecule has 0 atom stereocenters. The minimum atomic E-state index is -0.397. The third-order valence-electron chi connectivity index (χ3n) is 4.36. The van der Waals surface area contributed by atoms with Gasteiger partial charge in [-0.15, -0.1) is 0 Å². The van der Waals surface area contributed by atoms with E-state index in [0.29, 0.717) is 12.1 Å². The zero-order valence-corrected chi connectivity index (χ0v) is 14.7. The van der Waals surface area contributed by atoms with Crippen molar-refractivity contribution in [1.82, 2.24) is 14.8 Å². The molecule has 0 unspecified atom stereocenters. The van der Waals surface area contributed by atoms with E-state index in [9.17, 15) is 10.1 Å². The van der Waals surface area contributed by atoms with Gasteiger partial charge in [-0.1, -0.05) is 30.3 Å². The molecule has 0 spiro atoms. The lowest BCUT2D eigenvalue weighted by atomic mass is 10.1. The zero-order chi connectivity index (χ0) is 18.8. The highest BCUT2D eigenvalue weighted by Crippen LogP contribution is 2.30. The molecule has 0 radical (unpaired) electrons. The monoisotopic (exact) mass is 359 g/mol. The summed E-state index contributed by atoms with van der Waals surface area (Å²) in [6.07, 6.45) is 3.64. The molecule has 0 saturated carbocycles. The molecule has 0 aliphatic rings. The number of rotatable bonds is 5. The standard InChI is InChI=1S/C20H17N5O2/c1-14-12-17(16-7-4-9-19(25(26)27)20(16)23-14)21-13-15-6-2-3-8-18(15)24-11-5-10-22-24/h2-12H,13H2,1H3,(H,21,23). The van der Waals surface area contributed by atoms with Gasteiger partial charge in [-0.3, -0.25) is 10.1 Å². The zero-order valence-electron chi connectivity index (χ0n) is 14.7. The largest absolute Gasteiger partial charge is 0.380 e. The molecular formula is C20H17N5O2. The van der Waals surface area contributed by atoms with Crippen LogP contribution < -0.4 is 5.32 Å². The molecule has 0 aliphatic carbocycles. The van der Waals surface area contributed by atoms with Crippen molar-refractivity contribution in [3.8, 4) is 5.69 Å². The normalized spacial score (nSPS) is 10.9. The van der Waals surface area contributed by atoms with E-state index in [0.717, 1.165) is 28.0 Å². The second kappa shape index (κ2) is 6.87. The van der Waals surface area contributed by atoms with Crippen molar-refractivity contribution in [2.24, 2.45) is 0 Å². The maximum atomic E-state index is 11.3. The van der Waals surface area contributed by atoms with Gasteiger partial charge in [0.15, 0.2) is 5.52 Å². The molecule has 2 aromatic heterocycles. The van der Waals surface area contributed by atoms with Gasteiger partial charge in [0, 0.05) is 41.8 Å². The van der Waals surface area contributed by atoms with Crippen LogP contribution in [0.4, 0.5) is 11.4 Å². The second-order valence-electron chi connectivity index (χ2n) is 6.17. The average Bonchev–Trinajstić information content (AvgIpc) is 3.20. The van der Waals surface area contributed by atoms with Gasteiger partial charge < -0.3 is 5.32 Å². The third kappa shape index (κ3) is 3.22. The predicted molar refractivity (Wildman–Crippen MR) is 104 cm³/mol. The molecule has 0 amide bonds. The number of aryl methyl sites for hydroxylation is 1. The second-order valence-corrected chi connectivity index (χ2v) is 6.17. The Morgan fingerprint density at radius 2 is 2.00 bits per heavy atom. The van der Waals surface area contributed by atoms with E-state index in [1.165, 1.54) is 6.07 Å². The van der Waals surface area contributed by atoms with E-state index in [1.807, 2.05) is 60.3 Å². The summed E-state index contributed by atoms with van der Waals surface area (Å²) in [6.45, 7) is 2.39. The summed E-state index contributed by atoms with van der Waals surface area (Å²) in [5.74, 6) is 0. The average molecular weight is 359 g/mol. The van der Waals surface area contributed by atoms with E-state index in [4.69, 9.17) is 0 Å². The van der Waals surface area contributed by atoms with Crippen molar-refractivity contribution >= 4 is 22.3 Å². The van der Waals surface area contributed by atoms with E-state index < -0.39 is 4.92 Å². The molecule has 1 N–H and O–H groups in total. The first-order valence-corrected chi connectivity index (χ1v) is 8.50. The smallest absolute Gasteiger partial charge is 0.295 e. The van der Waals surface area contributed by atoms with Crippen LogP contribution in [-0.4, -0.2) is 19.7 Å². The maximum absolute atomic E-state index is 11.3. The number of nitrogens with zero attached hydrogens (tertiary/aromatic N) is 4. The van der Waals surface area contributed by atoms with Gasteiger partial charge in [-0.05, 0) is 30.7 Å². The summed E-state index contributed by atoms with van der Waals surface area (Å²) in [5, 5.41) is 19.8. The molecule has 0 aliphatic heterocycles. The van der Waals surface area contributed by atoms with E-state index in [-0.39, 0.29) is 5.69 Å². The van der Waals surface area contributed by atoms with Crippen molar-refractivity contribution in [2.45, 2.75) is 13.5 Å². The van der Waals surface area contributed by atoms with Crippen molar-refractivity contribution in [3.05, 3.63) is 88.4 Å². The number of aromatic nitrogens is 3. The van der Waals surface area contributed by atoms with Crippen LogP contribution in [0.25, 0.3) is 16.6 Å². The molecule has 4 rings (SSSR count). The first-order valence-electron chi connectivity index (χ1n) is 8.50. The van der Waals surface area contributed by atoms with Crippen LogP contribution in [0.5, 0.6) is 0 Å². The minimum absolute atomic E-state index is 0.0104. The predicted octanol–water partition coefficient (Wildman–Crippen LogP) is 4.25. The van der Waals surface area contributed by atoms with Crippen molar-refractivity contribution in [2.75, 3.05) is 5.32 Å². The molecule has 7 heteroatoms. The van der Waals surface area contributed by atoms with E-state index >= 15 is 0 Å². The fraction of sp³-hybridized carbons (Fsp3) is 0.100. The maximum Gasteiger partial charge on any atom is 0.295 e. The van der Waals surface area contributed by atoms with Crippen LogP contribution >= 0.6 is 0 Å². The summed E-state index contributed by atoms with van der Waals surface area (Å²) < 4.78 is 1.82. The van der Waals surface area contributed by atoms with Crippen LogP contribution in [0.15, 0.2) is 67.0 Å². The molecule has 2 aromatic carbocycles. The summed E-state index contributed by atoms with van der Waals surface area (Å²) in [5.41, 5.74) is 3.99. The molecule has 7 nitrogen and oxygen atoms in total. The third-order valence-corrected chi connectivity index (χ3v) is 4.36. The Bertz CT molecular complexity index is 1120. The quantitative estimate of drug-likeness (QED) is 0.425. The Hall–Kier alpha value is -3.74. The first kappa shape index (κ1) is 16.7. The van der Waals surface area contributed by atoms with Crippen LogP contribution in [0.2, 0.25) is 0 Å².